The number of rotatable bonds is 3. The molecule has 5 nitrogen and oxygen atoms in total. The van der Waals surface area contributed by atoms with E-state index in [2.05, 4.69) is 34.6 Å². The minimum absolute atomic E-state index is 0.0967. The molecule has 6 fully saturated rings. The Hall–Kier alpha value is -0.860. The monoisotopic (exact) mass is 555 g/mol. The van der Waals surface area contributed by atoms with Crippen LogP contribution in [0.4, 0.5) is 13.2 Å². The number of fused-ring (bicyclic) bond motifs is 4. The Morgan fingerprint density at radius 1 is 1.00 bits per heavy atom. The maximum absolute atomic E-state index is 13.2. The lowest BCUT2D eigenvalue weighted by Crippen LogP contribution is -2.59. The standard InChI is InChI=1S/C31H48F3NO4/c1-17-13-19(14-35(18(2)36)16-31(32,33)34)39-24-23(17)27(5)11-12-30-15-29(30)10-9-22(37)26(3,4)20(29)7-8-21(30)28(27,6)25(24)38/h17,19-25,37-38H,7-16H2,1-6H3/t17-,19?,20+,21?,22?,23+,24?,25+,27-,28-,29-,30+/m1/s1. The Labute approximate surface area is 231 Å². The summed E-state index contributed by atoms with van der Waals surface area (Å²) >= 11 is 0. The first kappa shape index (κ1) is 28.3. The van der Waals surface area contributed by atoms with Crippen LogP contribution in [0.5, 0.6) is 0 Å². The molecule has 39 heavy (non-hydrogen) atoms. The van der Waals surface area contributed by atoms with Crippen LogP contribution in [0.2, 0.25) is 0 Å². The number of hydrogen-bond donors (Lipinski definition) is 2. The molecule has 2 N–H and O–H groups in total. The van der Waals surface area contributed by atoms with Gasteiger partial charge in [0, 0.05) is 18.9 Å². The van der Waals surface area contributed by atoms with Crippen LogP contribution in [0, 0.1) is 50.7 Å². The summed E-state index contributed by atoms with van der Waals surface area (Å²) in [6, 6.07) is 0. The van der Waals surface area contributed by atoms with Gasteiger partial charge in [0.05, 0.1) is 24.4 Å². The highest BCUT2D eigenvalue weighted by atomic mass is 19.4. The van der Waals surface area contributed by atoms with Gasteiger partial charge in [-0.05, 0) is 96.7 Å². The number of amides is 1. The summed E-state index contributed by atoms with van der Waals surface area (Å²) < 4.78 is 46.1. The lowest BCUT2D eigenvalue weighted by molar-refractivity contribution is -0.183. The fourth-order valence-electron chi connectivity index (χ4n) is 12.3. The first-order chi connectivity index (χ1) is 17.9. The second kappa shape index (κ2) is 8.37. The second-order valence-electron chi connectivity index (χ2n) is 15.7. The first-order valence-electron chi connectivity index (χ1n) is 15.3. The summed E-state index contributed by atoms with van der Waals surface area (Å²) in [6.45, 7) is 11.1. The molecule has 0 aromatic heterocycles. The maximum atomic E-state index is 13.2. The molecule has 8 heteroatoms. The third-order valence-corrected chi connectivity index (χ3v) is 14.1. The van der Waals surface area contributed by atoms with Crippen molar-refractivity contribution in [2.45, 2.75) is 124 Å². The molecule has 6 rings (SSSR count). The number of aliphatic hydroxyl groups excluding tert-OH is 2. The van der Waals surface area contributed by atoms with Gasteiger partial charge in [-0.25, -0.2) is 0 Å². The van der Waals surface area contributed by atoms with Crippen molar-refractivity contribution in [3.8, 4) is 0 Å². The van der Waals surface area contributed by atoms with Gasteiger partial charge in [0.25, 0.3) is 0 Å². The summed E-state index contributed by atoms with van der Waals surface area (Å²) in [6.07, 6.45) is 1.66. The highest BCUT2D eigenvalue weighted by Gasteiger charge is 2.84. The molecule has 0 aromatic carbocycles. The van der Waals surface area contributed by atoms with Crippen LogP contribution in [-0.2, 0) is 9.53 Å². The Morgan fingerprint density at radius 2 is 1.64 bits per heavy atom. The van der Waals surface area contributed by atoms with E-state index >= 15 is 0 Å². The van der Waals surface area contributed by atoms with Crippen molar-refractivity contribution in [3.63, 3.8) is 0 Å². The number of ether oxygens (including phenoxy) is 1. The minimum atomic E-state index is -4.46. The molecule has 1 aliphatic heterocycles. The summed E-state index contributed by atoms with van der Waals surface area (Å²) in [5, 5.41) is 23.1. The molecule has 2 spiro atoms. The summed E-state index contributed by atoms with van der Waals surface area (Å²) in [4.78, 5) is 12.9. The van der Waals surface area contributed by atoms with Crippen LogP contribution in [0.15, 0.2) is 0 Å². The topological polar surface area (TPSA) is 70.0 Å². The molecule has 1 saturated heterocycles. The van der Waals surface area contributed by atoms with Gasteiger partial charge in [0.15, 0.2) is 0 Å². The van der Waals surface area contributed by atoms with Crippen molar-refractivity contribution in [2.24, 2.45) is 50.7 Å². The zero-order valence-electron chi connectivity index (χ0n) is 24.5. The smallest absolute Gasteiger partial charge is 0.393 e. The largest absolute Gasteiger partial charge is 0.406 e. The first-order valence-corrected chi connectivity index (χ1v) is 15.3. The number of alkyl halides is 3. The molecule has 4 unspecified atom stereocenters. The predicted molar refractivity (Wildman–Crippen MR) is 140 cm³/mol. The molecule has 1 heterocycles. The van der Waals surface area contributed by atoms with E-state index in [1.54, 1.807) is 0 Å². The zero-order valence-corrected chi connectivity index (χ0v) is 24.5. The summed E-state index contributed by atoms with van der Waals surface area (Å²) in [7, 11) is 0. The molecular weight excluding hydrogens is 507 g/mol. The summed E-state index contributed by atoms with van der Waals surface area (Å²) in [5.41, 5.74) is -0.100. The third kappa shape index (κ3) is 3.52. The zero-order chi connectivity index (χ0) is 28.6. The molecule has 222 valence electrons. The van der Waals surface area contributed by atoms with E-state index in [1.165, 1.54) is 13.3 Å². The minimum Gasteiger partial charge on any atom is -0.393 e. The van der Waals surface area contributed by atoms with Gasteiger partial charge in [-0.1, -0.05) is 34.6 Å². The number of carbonyl (C=O) groups is 1. The number of halogens is 3. The number of carbonyl (C=O) groups excluding carboxylic acids is 1. The van der Waals surface area contributed by atoms with Crippen molar-refractivity contribution in [1.29, 1.82) is 0 Å². The van der Waals surface area contributed by atoms with Crippen molar-refractivity contribution in [1.82, 2.24) is 4.90 Å². The quantitative estimate of drug-likeness (QED) is 0.478. The van der Waals surface area contributed by atoms with Crippen molar-refractivity contribution < 1.29 is 32.9 Å². The Balaban J connectivity index is 1.29. The van der Waals surface area contributed by atoms with Crippen LogP contribution >= 0.6 is 0 Å². The van der Waals surface area contributed by atoms with Crippen LogP contribution in [0.25, 0.3) is 0 Å². The Bertz CT molecular complexity index is 1030. The molecule has 1 amide bonds. The molecule has 12 atom stereocenters. The molecule has 0 bridgehead atoms. The number of hydrogen-bond acceptors (Lipinski definition) is 4. The lowest BCUT2D eigenvalue weighted by Gasteiger charge is -2.63. The van der Waals surface area contributed by atoms with Gasteiger partial charge < -0.3 is 19.8 Å². The van der Waals surface area contributed by atoms with Gasteiger partial charge >= 0.3 is 6.18 Å². The van der Waals surface area contributed by atoms with Gasteiger partial charge in [-0.2, -0.15) is 13.2 Å². The average molecular weight is 556 g/mol. The highest BCUT2D eigenvalue weighted by molar-refractivity contribution is 5.73. The van der Waals surface area contributed by atoms with E-state index < -0.39 is 36.9 Å². The molecule has 6 aliphatic rings. The summed E-state index contributed by atoms with van der Waals surface area (Å²) in [5.74, 6) is 0.585. The number of nitrogens with zero attached hydrogens (tertiary/aromatic N) is 1. The van der Waals surface area contributed by atoms with E-state index in [0.717, 1.165) is 43.4 Å². The van der Waals surface area contributed by atoms with Crippen LogP contribution in [-0.4, -0.2) is 64.7 Å². The fraction of sp³-hybridized carbons (Fsp3) is 0.968. The number of aliphatic hydroxyl groups is 2. The van der Waals surface area contributed by atoms with Crippen LogP contribution in [0.1, 0.15) is 92.9 Å². The van der Waals surface area contributed by atoms with Gasteiger partial charge in [-0.15, -0.1) is 0 Å². The normalized spacial score (nSPS) is 53.5. The predicted octanol–water partition coefficient (Wildman–Crippen LogP) is 5.57. The van der Waals surface area contributed by atoms with E-state index in [4.69, 9.17) is 4.74 Å². The van der Waals surface area contributed by atoms with Crippen LogP contribution in [0.3, 0.4) is 0 Å². The fourth-order valence-corrected chi connectivity index (χ4v) is 12.3. The van der Waals surface area contributed by atoms with Gasteiger partial charge in [0.1, 0.15) is 6.54 Å². The van der Waals surface area contributed by atoms with E-state index in [-0.39, 0.29) is 51.6 Å². The SMILES string of the molecule is CC(=O)N(CC1C[C@@H](C)[C@H]2C(O1)[C@H](O)[C@@]1(C)C3CC[C@H]4C(C)(C)C(O)CC[C@@]45C[C@@]35CC[C@]21C)CC(F)(F)F. The molecule has 0 aromatic rings. The van der Waals surface area contributed by atoms with Crippen LogP contribution < -0.4 is 0 Å². The molecule has 0 radical (unpaired) electrons. The highest BCUT2D eigenvalue weighted by Crippen LogP contribution is 2.89. The average Bonchev–Trinajstić information content (AvgIpc) is 3.45. The van der Waals surface area contributed by atoms with E-state index in [1.807, 2.05) is 0 Å². The van der Waals surface area contributed by atoms with Crippen molar-refractivity contribution in [2.75, 3.05) is 13.1 Å². The Kier molecular flexibility index (Phi) is 6.07. The molecular formula is C31H48F3NO4. The maximum Gasteiger partial charge on any atom is 0.406 e. The van der Waals surface area contributed by atoms with Crippen molar-refractivity contribution in [3.05, 3.63) is 0 Å². The second-order valence-corrected chi connectivity index (χ2v) is 15.7. The van der Waals surface area contributed by atoms with Gasteiger partial charge in [-0.3, -0.25) is 4.79 Å². The lowest BCUT2D eigenvalue weighted by atomic mass is 9.41. The van der Waals surface area contributed by atoms with Gasteiger partial charge in [0.2, 0.25) is 5.91 Å². The Morgan fingerprint density at radius 3 is 2.28 bits per heavy atom. The molecule has 5 saturated carbocycles. The molecule has 5 aliphatic carbocycles. The van der Waals surface area contributed by atoms with Crippen molar-refractivity contribution >= 4 is 5.91 Å². The van der Waals surface area contributed by atoms with E-state index in [0.29, 0.717) is 18.3 Å². The van der Waals surface area contributed by atoms with E-state index in [9.17, 15) is 28.2 Å². The third-order valence-electron chi connectivity index (χ3n) is 14.1.